The highest BCUT2D eigenvalue weighted by Gasteiger charge is 2.34. The van der Waals surface area contributed by atoms with Crippen LogP contribution >= 0.6 is 0 Å². The average molecular weight is 418 g/mol. The maximum atomic E-state index is 12.2. The Bertz CT molecular complexity index is 703. The Kier molecular flexibility index (Phi) is 7.00. The molecular formula is C23H35N3O4. The van der Waals surface area contributed by atoms with E-state index in [2.05, 4.69) is 5.32 Å². The topological polar surface area (TPSA) is 74.3 Å². The molecule has 30 heavy (non-hydrogen) atoms. The highest BCUT2D eigenvalue weighted by molar-refractivity contribution is 5.76. The van der Waals surface area contributed by atoms with Crippen molar-refractivity contribution in [1.82, 2.24) is 15.1 Å². The number of aliphatic hydroxyl groups is 1. The Morgan fingerprint density at radius 2 is 1.77 bits per heavy atom. The van der Waals surface area contributed by atoms with E-state index in [1.807, 2.05) is 36.2 Å². The van der Waals surface area contributed by atoms with E-state index in [1.165, 1.54) is 12.8 Å². The molecule has 3 aliphatic rings. The summed E-state index contributed by atoms with van der Waals surface area (Å²) in [6.07, 6.45) is 6.03. The van der Waals surface area contributed by atoms with E-state index in [0.717, 1.165) is 51.1 Å². The molecule has 1 saturated heterocycles. The molecule has 0 radical (unpaired) electrons. The monoisotopic (exact) mass is 417 g/mol. The van der Waals surface area contributed by atoms with Crippen molar-refractivity contribution < 1.29 is 19.4 Å². The van der Waals surface area contributed by atoms with Gasteiger partial charge < -0.3 is 29.7 Å². The number of ether oxygens (including phenoxy) is 2. The standard InChI is InChI=1S/C23H35N3O4/c1-25-12-13-26(23(25)28)19-10-8-18(9-11-19)24-14-20(27)16-30-22-5-3-2-4-21(22)29-15-17-6-7-17/h2-5,17-20,24,27H,6-16H2,1H3. The summed E-state index contributed by atoms with van der Waals surface area (Å²) in [6, 6.07) is 8.59. The molecule has 1 atom stereocenters. The molecule has 0 bridgehead atoms. The van der Waals surface area contributed by atoms with Gasteiger partial charge in [0.05, 0.1) is 6.61 Å². The summed E-state index contributed by atoms with van der Waals surface area (Å²) in [5, 5.41) is 13.8. The first-order valence-corrected chi connectivity index (χ1v) is 11.4. The van der Waals surface area contributed by atoms with Gasteiger partial charge in [0, 0.05) is 38.8 Å². The zero-order chi connectivity index (χ0) is 20.9. The van der Waals surface area contributed by atoms with Crippen LogP contribution in [0, 0.1) is 5.92 Å². The van der Waals surface area contributed by atoms with E-state index >= 15 is 0 Å². The predicted molar refractivity (Wildman–Crippen MR) is 115 cm³/mol. The fraction of sp³-hybridized carbons (Fsp3) is 0.696. The first-order valence-electron chi connectivity index (χ1n) is 11.4. The van der Waals surface area contributed by atoms with Crippen LogP contribution in [-0.2, 0) is 0 Å². The Morgan fingerprint density at radius 1 is 1.07 bits per heavy atom. The van der Waals surface area contributed by atoms with Gasteiger partial charge in [0.1, 0.15) is 12.7 Å². The minimum absolute atomic E-state index is 0.167. The molecule has 0 aromatic heterocycles. The lowest BCUT2D eigenvalue weighted by Crippen LogP contribution is -2.45. The number of nitrogens with zero attached hydrogens (tertiary/aromatic N) is 2. The van der Waals surface area contributed by atoms with Crippen LogP contribution in [0.3, 0.4) is 0 Å². The molecule has 0 spiro atoms. The molecule has 2 amide bonds. The van der Waals surface area contributed by atoms with Crippen molar-refractivity contribution in [3.63, 3.8) is 0 Å². The fourth-order valence-electron chi connectivity index (χ4n) is 4.33. The van der Waals surface area contributed by atoms with Crippen LogP contribution in [0.1, 0.15) is 38.5 Å². The van der Waals surface area contributed by atoms with Crippen molar-refractivity contribution in [2.45, 2.75) is 56.7 Å². The number of aliphatic hydroxyl groups excluding tert-OH is 1. The summed E-state index contributed by atoms with van der Waals surface area (Å²) in [7, 11) is 1.87. The molecular weight excluding hydrogens is 382 g/mol. The van der Waals surface area contributed by atoms with Gasteiger partial charge >= 0.3 is 6.03 Å². The maximum absolute atomic E-state index is 12.2. The Balaban J connectivity index is 1.15. The van der Waals surface area contributed by atoms with Gasteiger partial charge in [0.25, 0.3) is 0 Å². The number of carbonyl (C=O) groups excluding carboxylic acids is 1. The Labute approximate surface area is 179 Å². The lowest BCUT2D eigenvalue weighted by atomic mass is 9.90. The van der Waals surface area contributed by atoms with Crippen molar-refractivity contribution in [3.8, 4) is 11.5 Å². The van der Waals surface area contributed by atoms with Gasteiger partial charge in [-0.25, -0.2) is 4.79 Å². The molecule has 1 aromatic rings. The highest BCUT2D eigenvalue weighted by Crippen LogP contribution is 2.32. The van der Waals surface area contributed by atoms with Crippen LogP contribution < -0.4 is 14.8 Å². The fourth-order valence-corrected chi connectivity index (χ4v) is 4.33. The van der Waals surface area contributed by atoms with Crippen molar-refractivity contribution in [1.29, 1.82) is 0 Å². The van der Waals surface area contributed by atoms with Crippen molar-refractivity contribution in [2.24, 2.45) is 5.92 Å². The lowest BCUT2D eigenvalue weighted by molar-refractivity contribution is 0.0970. The number of nitrogens with one attached hydrogen (secondary N) is 1. The van der Waals surface area contributed by atoms with Gasteiger partial charge in [-0.05, 0) is 56.6 Å². The minimum atomic E-state index is -0.576. The molecule has 2 aliphatic carbocycles. The highest BCUT2D eigenvalue weighted by atomic mass is 16.5. The van der Waals surface area contributed by atoms with E-state index in [4.69, 9.17) is 9.47 Å². The normalized spacial score (nSPS) is 25.5. The van der Waals surface area contributed by atoms with Crippen LogP contribution in [0.15, 0.2) is 24.3 Å². The molecule has 1 heterocycles. The van der Waals surface area contributed by atoms with Crippen LogP contribution in [0.25, 0.3) is 0 Å². The number of amides is 2. The summed E-state index contributed by atoms with van der Waals surface area (Å²) in [6.45, 7) is 3.16. The number of likely N-dealkylation sites (N-methyl/N-ethyl adjacent to an activating group) is 1. The number of rotatable bonds is 10. The maximum Gasteiger partial charge on any atom is 0.320 e. The molecule has 1 unspecified atom stereocenters. The zero-order valence-corrected chi connectivity index (χ0v) is 18.0. The molecule has 1 aliphatic heterocycles. The van der Waals surface area contributed by atoms with E-state index in [1.54, 1.807) is 4.90 Å². The Hall–Kier alpha value is -1.99. The quantitative estimate of drug-likeness (QED) is 0.612. The molecule has 166 valence electrons. The van der Waals surface area contributed by atoms with E-state index in [-0.39, 0.29) is 12.6 Å². The number of hydrogen-bond donors (Lipinski definition) is 2. The predicted octanol–water partition coefficient (Wildman–Crippen LogP) is 2.48. The molecule has 2 saturated carbocycles. The summed E-state index contributed by atoms with van der Waals surface area (Å²) >= 11 is 0. The number of hydrogen-bond acceptors (Lipinski definition) is 5. The van der Waals surface area contributed by atoms with E-state index in [9.17, 15) is 9.90 Å². The zero-order valence-electron chi connectivity index (χ0n) is 18.0. The SMILES string of the molecule is CN1CCN(C2CCC(NCC(O)COc3ccccc3OCC3CC3)CC2)C1=O. The van der Waals surface area contributed by atoms with E-state index in [0.29, 0.717) is 30.3 Å². The van der Waals surface area contributed by atoms with Gasteiger partial charge in [0.15, 0.2) is 11.5 Å². The third kappa shape index (κ3) is 5.58. The van der Waals surface area contributed by atoms with Gasteiger partial charge in [-0.3, -0.25) is 0 Å². The number of urea groups is 1. The minimum Gasteiger partial charge on any atom is -0.489 e. The number of carbonyl (C=O) groups is 1. The van der Waals surface area contributed by atoms with Crippen LogP contribution in [0.2, 0.25) is 0 Å². The number of benzene rings is 1. The second-order valence-corrected chi connectivity index (χ2v) is 8.98. The third-order valence-corrected chi connectivity index (χ3v) is 6.48. The van der Waals surface area contributed by atoms with Crippen LogP contribution in [0.4, 0.5) is 4.79 Å². The van der Waals surface area contributed by atoms with E-state index < -0.39 is 6.10 Å². The molecule has 2 N–H and O–H groups in total. The lowest BCUT2D eigenvalue weighted by Gasteiger charge is -2.34. The summed E-state index contributed by atoms with van der Waals surface area (Å²) in [5.74, 6) is 2.13. The van der Waals surface area contributed by atoms with Crippen molar-refractivity contribution in [3.05, 3.63) is 24.3 Å². The molecule has 4 rings (SSSR count). The van der Waals surface area contributed by atoms with Gasteiger partial charge in [-0.15, -0.1) is 0 Å². The van der Waals surface area contributed by atoms with Crippen molar-refractivity contribution in [2.75, 3.05) is 39.9 Å². The largest absolute Gasteiger partial charge is 0.489 e. The molecule has 3 fully saturated rings. The van der Waals surface area contributed by atoms with Gasteiger partial charge in [0.2, 0.25) is 0 Å². The molecule has 7 heteroatoms. The Morgan fingerprint density at radius 3 is 2.40 bits per heavy atom. The molecule has 1 aromatic carbocycles. The molecule has 7 nitrogen and oxygen atoms in total. The van der Waals surface area contributed by atoms with Crippen LogP contribution in [0.5, 0.6) is 11.5 Å². The second kappa shape index (κ2) is 9.88. The van der Waals surface area contributed by atoms with Gasteiger partial charge in [-0.1, -0.05) is 12.1 Å². The van der Waals surface area contributed by atoms with Crippen LogP contribution in [-0.4, -0.2) is 79.0 Å². The number of para-hydroxylation sites is 2. The smallest absolute Gasteiger partial charge is 0.320 e. The summed E-state index contributed by atoms with van der Waals surface area (Å²) in [4.78, 5) is 16.0. The summed E-state index contributed by atoms with van der Waals surface area (Å²) in [5.41, 5.74) is 0. The average Bonchev–Trinajstić information content (AvgIpc) is 3.54. The summed E-state index contributed by atoms with van der Waals surface area (Å²) < 4.78 is 11.7. The second-order valence-electron chi connectivity index (χ2n) is 8.98. The van der Waals surface area contributed by atoms with Crippen molar-refractivity contribution >= 4 is 6.03 Å². The first-order chi connectivity index (χ1) is 14.6. The first kappa shape index (κ1) is 21.2. The third-order valence-electron chi connectivity index (χ3n) is 6.48. The van der Waals surface area contributed by atoms with Gasteiger partial charge in [-0.2, -0.15) is 0 Å².